The molecule has 0 aromatic carbocycles. The summed E-state index contributed by atoms with van der Waals surface area (Å²) in [6.45, 7) is 4.60. The molecule has 1 aliphatic rings. The van der Waals surface area contributed by atoms with E-state index in [-0.39, 0.29) is 0 Å². The van der Waals surface area contributed by atoms with Crippen molar-refractivity contribution in [3.05, 3.63) is 22.4 Å². The summed E-state index contributed by atoms with van der Waals surface area (Å²) in [5.41, 5.74) is 5.89. The smallest absolute Gasteiger partial charge is 0.0413 e. The summed E-state index contributed by atoms with van der Waals surface area (Å²) >= 11 is 1.85. The minimum absolute atomic E-state index is 0.432. The van der Waals surface area contributed by atoms with Gasteiger partial charge in [0, 0.05) is 30.1 Å². The maximum Gasteiger partial charge on any atom is 0.0413 e. The lowest BCUT2D eigenvalue weighted by Gasteiger charge is -2.34. The molecule has 1 aromatic rings. The predicted molar refractivity (Wildman–Crippen MR) is 61.5 cm³/mol. The maximum absolute atomic E-state index is 5.89. The standard InChI is InChI=1S/C11H18N2S/c1-9(11-3-2-8-14-11)13-6-4-10(12)5-7-13/h2-3,8-10H,4-7,12H2,1H3/t9-/m0/s1. The Morgan fingerprint density at radius 3 is 2.79 bits per heavy atom. The molecule has 0 bridgehead atoms. The highest BCUT2D eigenvalue weighted by atomic mass is 32.1. The normalized spacial score (nSPS) is 22.4. The van der Waals surface area contributed by atoms with Gasteiger partial charge in [0.05, 0.1) is 0 Å². The number of hydrogen-bond acceptors (Lipinski definition) is 3. The third-order valence-corrected chi connectivity index (χ3v) is 4.12. The van der Waals surface area contributed by atoms with Gasteiger partial charge in [-0.25, -0.2) is 0 Å². The number of likely N-dealkylation sites (tertiary alicyclic amines) is 1. The highest BCUT2D eigenvalue weighted by Gasteiger charge is 2.21. The third-order valence-electron chi connectivity index (χ3n) is 3.08. The topological polar surface area (TPSA) is 29.3 Å². The Hall–Kier alpha value is -0.380. The van der Waals surface area contributed by atoms with Crippen LogP contribution in [-0.2, 0) is 0 Å². The van der Waals surface area contributed by atoms with Crippen LogP contribution in [0.3, 0.4) is 0 Å². The molecule has 1 aliphatic heterocycles. The van der Waals surface area contributed by atoms with Gasteiger partial charge < -0.3 is 5.73 Å². The van der Waals surface area contributed by atoms with Crippen LogP contribution in [0.15, 0.2) is 17.5 Å². The van der Waals surface area contributed by atoms with Crippen LogP contribution >= 0.6 is 11.3 Å². The average molecular weight is 210 g/mol. The summed E-state index contributed by atoms with van der Waals surface area (Å²) < 4.78 is 0. The first-order chi connectivity index (χ1) is 6.77. The molecule has 0 aliphatic carbocycles. The molecule has 1 aromatic heterocycles. The van der Waals surface area contributed by atoms with Crippen molar-refractivity contribution in [2.24, 2.45) is 5.73 Å². The van der Waals surface area contributed by atoms with Crippen LogP contribution in [0.5, 0.6) is 0 Å². The van der Waals surface area contributed by atoms with Crippen LogP contribution in [0.4, 0.5) is 0 Å². The molecule has 1 fully saturated rings. The van der Waals surface area contributed by atoms with Crippen LogP contribution in [0.25, 0.3) is 0 Å². The monoisotopic (exact) mass is 210 g/mol. The zero-order valence-electron chi connectivity index (χ0n) is 8.65. The van der Waals surface area contributed by atoms with E-state index in [9.17, 15) is 0 Å². The molecule has 2 nitrogen and oxygen atoms in total. The van der Waals surface area contributed by atoms with E-state index in [4.69, 9.17) is 5.73 Å². The Kier molecular flexibility index (Phi) is 3.21. The van der Waals surface area contributed by atoms with Crippen molar-refractivity contribution in [3.8, 4) is 0 Å². The molecule has 78 valence electrons. The Labute approximate surface area is 89.7 Å². The van der Waals surface area contributed by atoms with Gasteiger partial charge in [0.1, 0.15) is 0 Å². The lowest BCUT2D eigenvalue weighted by atomic mass is 10.0. The molecule has 1 saturated heterocycles. The quantitative estimate of drug-likeness (QED) is 0.811. The molecule has 2 N–H and O–H groups in total. The van der Waals surface area contributed by atoms with Crippen molar-refractivity contribution >= 4 is 11.3 Å². The minimum Gasteiger partial charge on any atom is -0.328 e. The van der Waals surface area contributed by atoms with Gasteiger partial charge in [-0.1, -0.05) is 6.07 Å². The summed E-state index contributed by atoms with van der Waals surface area (Å²) in [6.07, 6.45) is 2.30. The zero-order chi connectivity index (χ0) is 9.97. The van der Waals surface area contributed by atoms with Crippen molar-refractivity contribution < 1.29 is 0 Å². The van der Waals surface area contributed by atoms with Crippen LogP contribution in [0.1, 0.15) is 30.7 Å². The summed E-state index contributed by atoms with van der Waals surface area (Å²) in [6, 6.07) is 5.36. The summed E-state index contributed by atoms with van der Waals surface area (Å²) in [7, 11) is 0. The van der Waals surface area contributed by atoms with Crippen LogP contribution < -0.4 is 5.73 Å². The van der Waals surface area contributed by atoms with E-state index >= 15 is 0 Å². The van der Waals surface area contributed by atoms with Crippen molar-refractivity contribution in [1.82, 2.24) is 4.90 Å². The molecule has 1 atom stereocenters. The molecule has 2 rings (SSSR count). The fourth-order valence-electron chi connectivity index (χ4n) is 2.02. The Morgan fingerprint density at radius 1 is 1.50 bits per heavy atom. The second kappa shape index (κ2) is 4.43. The second-order valence-corrected chi connectivity index (χ2v) is 5.04. The second-order valence-electron chi connectivity index (χ2n) is 4.06. The first-order valence-corrected chi connectivity index (χ1v) is 6.18. The van der Waals surface area contributed by atoms with E-state index < -0.39 is 0 Å². The van der Waals surface area contributed by atoms with E-state index in [1.54, 1.807) is 0 Å². The third kappa shape index (κ3) is 2.16. The van der Waals surface area contributed by atoms with Gasteiger partial charge in [-0.05, 0) is 31.2 Å². The van der Waals surface area contributed by atoms with Crippen LogP contribution in [-0.4, -0.2) is 24.0 Å². The van der Waals surface area contributed by atoms with Gasteiger partial charge in [0.25, 0.3) is 0 Å². The Balaban J connectivity index is 1.95. The number of piperidine rings is 1. The maximum atomic E-state index is 5.89. The summed E-state index contributed by atoms with van der Waals surface area (Å²) in [4.78, 5) is 4.01. The van der Waals surface area contributed by atoms with Gasteiger partial charge in [0.15, 0.2) is 0 Å². The summed E-state index contributed by atoms with van der Waals surface area (Å²) in [5, 5.41) is 2.15. The highest BCUT2D eigenvalue weighted by Crippen LogP contribution is 2.26. The molecule has 0 amide bonds. The average Bonchev–Trinajstić information content (AvgIpc) is 2.71. The molecule has 3 heteroatoms. The number of nitrogens with two attached hydrogens (primary N) is 1. The Morgan fingerprint density at radius 2 is 2.21 bits per heavy atom. The molecular formula is C11H18N2S. The molecule has 0 radical (unpaired) electrons. The number of thiophene rings is 1. The van der Waals surface area contributed by atoms with Gasteiger partial charge in [0.2, 0.25) is 0 Å². The number of hydrogen-bond donors (Lipinski definition) is 1. The number of nitrogens with zero attached hydrogens (tertiary/aromatic N) is 1. The largest absolute Gasteiger partial charge is 0.328 e. The minimum atomic E-state index is 0.432. The van der Waals surface area contributed by atoms with Crippen molar-refractivity contribution in [2.75, 3.05) is 13.1 Å². The fourth-order valence-corrected chi connectivity index (χ4v) is 2.83. The van der Waals surface area contributed by atoms with Gasteiger partial charge in [-0.15, -0.1) is 11.3 Å². The predicted octanol–water partition coefficient (Wildman–Crippen LogP) is 2.23. The fraction of sp³-hybridized carbons (Fsp3) is 0.636. The SMILES string of the molecule is C[C@@H](c1cccs1)N1CCC(N)CC1. The highest BCUT2D eigenvalue weighted by molar-refractivity contribution is 7.10. The van der Waals surface area contributed by atoms with E-state index in [0.717, 1.165) is 25.9 Å². The molecule has 14 heavy (non-hydrogen) atoms. The number of rotatable bonds is 2. The van der Waals surface area contributed by atoms with Gasteiger partial charge in [-0.2, -0.15) is 0 Å². The summed E-state index contributed by atoms with van der Waals surface area (Å²) in [5.74, 6) is 0. The van der Waals surface area contributed by atoms with Crippen molar-refractivity contribution in [1.29, 1.82) is 0 Å². The van der Waals surface area contributed by atoms with Crippen LogP contribution in [0, 0.1) is 0 Å². The molecule has 0 spiro atoms. The Bertz CT molecular complexity index is 263. The zero-order valence-corrected chi connectivity index (χ0v) is 9.46. The van der Waals surface area contributed by atoms with Gasteiger partial charge in [-0.3, -0.25) is 4.90 Å². The van der Waals surface area contributed by atoms with E-state index in [1.807, 2.05) is 11.3 Å². The van der Waals surface area contributed by atoms with E-state index in [1.165, 1.54) is 4.88 Å². The van der Waals surface area contributed by atoms with E-state index in [0.29, 0.717) is 12.1 Å². The first kappa shape index (κ1) is 10.1. The lowest BCUT2D eigenvalue weighted by Crippen LogP contribution is -2.40. The first-order valence-electron chi connectivity index (χ1n) is 5.30. The molecule has 0 saturated carbocycles. The molecule has 0 unspecified atom stereocenters. The van der Waals surface area contributed by atoms with E-state index in [2.05, 4.69) is 29.3 Å². The van der Waals surface area contributed by atoms with Gasteiger partial charge >= 0.3 is 0 Å². The lowest BCUT2D eigenvalue weighted by molar-refractivity contribution is 0.165. The molecular weight excluding hydrogens is 192 g/mol. The molecule has 2 heterocycles. The van der Waals surface area contributed by atoms with Crippen molar-refractivity contribution in [3.63, 3.8) is 0 Å². The van der Waals surface area contributed by atoms with Crippen LogP contribution in [0.2, 0.25) is 0 Å². The van der Waals surface area contributed by atoms with Crippen molar-refractivity contribution in [2.45, 2.75) is 31.8 Å².